The van der Waals surface area contributed by atoms with Crippen LogP contribution in [0.3, 0.4) is 0 Å². The molecule has 0 heterocycles. The van der Waals surface area contributed by atoms with Crippen LogP contribution in [0.1, 0.15) is 5.56 Å². The van der Waals surface area contributed by atoms with Crippen LogP contribution in [0.5, 0.6) is 0 Å². The van der Waals surface area contributed by atoms with Crippen molar-refractivity contribution < 1.29 is 9.53 Å². The molecule has 0 aliphatic rings. The molecule has 2 rings (SSSR count). The zero-order chi connectivity index (χ0) is 11.5. The molecular weight excluding hydrogens is 202 g/mol. The van der Waals surface area contributed by atoms with E-state index >= 15 is 0 Å². The summed E-state index contributed by atoms with van der Waals surface area (Å²) in [6.07, 6.45) is 0.255. The van der Waals surface area contributed by atoms with Crippen molar-refractivity contribution in [1.82, 2.24) is 0 Å². The molecule has 2 aromatic carbocycles. The van der Waals surface area contributed by atoms with Gasteiger partial charge in [0.2, 0.25) is 0 Å². The van der Waals surface area contributed by atoms with Crippen LogP contribution >= 0.6 is 0 Å². The summed E-state index contributed by atoms with van der Waals surface area (Å²) >= 11 is 0. The van der Waals surface area contributed by atoms with Crippen molar-refractivity contribution in [3.63, 3.8) is 0 Å². The lowest BCUT2D eigenvalue weighted by atomic mass is 10.0. The van der Waals surface area contributed by atoms with Gasteiger partial charge >= 0.3 is 5.97 Å². The Hall–Kier alpha value is -2.03. The molecule has 0 bridgehead atoms. The average Bonchev–Trinajstić information content (AvgIpc) is 2.29. The van der Waals surface area contributed by atoms with Crippen LogP contribution in [0.2, 0.25) is 0 Å². The molecule has 0 aromatic heterocycles. The maximum Gasteiger partial charge on any atom is 0.309 e. The van der Waals surface area contributed by atoms with Crippen molar-refractivity contribution >= 4 is 22.4 Å². The minimum Gasteiger partial charge on any atom is -0.469 e. The molecule has 16 heavy (non-hydrogen) atoms. The third-order valence-electron chi connectivity index (χ3n) is 2.53. The van der Waals surface area contributed by atoms with E-state index in [1.807, 2.05) is 36.4 Å². The molecule has 0 aliphatic heterocycles. The molecular formula is C13H13NO2. The van der Waals surface area contributed by atoms with Gasteiger partial charge in [0.1, 0.15) is 0 Å². The number of benzene rings is 2. The summed E-state index contributed by atoms with van der Waals surface area (Å²) in [5.41, 5.74) is 7.49. The Morgan fingerprint density at radius 1 is 1.31 bits per heavy atom. The Labute approximate surface area is 93.8 Å². The summed E-state index contributed by atoms with van der Waals surface area (Å²) in [6.45, 7) is 0. The van der Waals surface area contributed by atoms with Crippen molar-refractivity contribution in [3.8, 4) is 0 Å². The van der Waals surface area contributed by atoms with E-state index < -0.39 is 0 Å². The number of hydrogen-bond donors (Lipinski definition) is 1. The molecule has 0 saturated heterocycles. The number of ether oxygens (including phenoxy) is 1. The lowest BCUT2D eigenvalue weighted by molar-refractivity contribution is -0.139. The number of nitrogen functional groups attached to an aromatic ring is 1. The first-order valence-electron chi connectivity index (χ1n) is 5.04. The fourth-order valence-corrected chi connectivity index (χ4v) is 1.75. The number of esters is 1. The summed E-state index contributed by atoms with van der Waals surface area (Å²) < 4.78 is 4.63. The Morgan fingerprint density at radius 2 is 2.06 bits per heavy atom. The Balaban J connectivity index is 2.45. The number of rotatable bonds is 2. The molecule has 2 N–H and O–H groups in total. The third kappa shape index (κ3) is 1.98. The molecule has 2 aromatic rings. The fourth-order valence-electron chi connectivity index (χ4n) is 1.75. The van der Waals surface area contributed by atoms with E-state index in [4.69, 9.17) is 5.73 Å². The molecule has 3 nitrogen and oxygen atoms in total. The lowest BCUT2D eigenvalue weighted by Crippen LogP contribution is -2.04. The highest BCUT2D eigenvalue weighted by molar-refractivity contribution is 5.94. The van der Waals surface area contributed by atoms with Gasteiger partial charge in [0.05, 0.1) is 13.5 Å². The predicted octanol–water partition coefficient (Wildman–Crippen LogP) is 2.14. The first kappa shape index (κ1) is 10.5. The Kier molecular flexibility index (Phi) is 2.77. The number of nitrogens with two attached hydrogens (primary N) is 1. The van der Waals surface area contributed by atoms with Crippen molar-refractivity contribution in [2.75, 3.05) is 12.8 Å². The maximum atomic E-state index is 11.2. The maximum absolute atomic E-state index is 11.2. The first-order chi connectivity index (χ1) is 7.70. The van der Waals surface area contributed by atoms with Gasteiger partial charge in [-0.2, -0.15) is 0 Å². The van der Waals surface area contributed by atoms with Gasteiger partial charge in [-0.3, -0.25) is 4.79 Å². The second-order valence-corrected chi connectivity index (χ2v) is 3.66. The Morgan fingerprint density at radius 3 is 2.81 bits per heavy atom. The van der Waals surface area contributed by atoms with E-state index in [2.05, 4.69) is 4.74 Å². The zero-order valence-electron chi connectivity index (χ0n) is 9.07. The van der Waals surface area contributed by atoms with Gasteiger partial charge in [-0.1, -0.05) is 30.3 Å². The first-order valence-corrected chi connectivity index (χ1v) is 5.04. The quantitative estimate of drug-likeness (QED) is 0.616. The van der Waals surface area contributed by atoms with E-state index in [-0.39, 0.29) is 12.4 Å². The highest BCUT2D eigenvalue weighted by atomic mass is 16.5. The fraction of sp³-hybridized carbons (Fsp3) is 0.154. The third-order valence-corrected chi connectivity index (χ3v) is 2.53. The molecule has 0 unspecified atom stereocenters. The monoisotopic (exact) mass is 215 g/mol. The van der Waals surface area contributed by atoms with Crippen molar-refractivity contribution in [1.29, 1.82) is 0 Å². The van der Waals surface area contributed by atoms with Gasteiger partial charge in [-0.15, -0.1) is 0 Å². The largest absolute Gasteiger partial charge is 0.469 e. The van der Waals surface area contributed by atoms with Crippen LogP contribution in [-0.4, -0.2) is 13.1 Å². The van der Waals surface area contributed by atoms with Crippen LogP contribution in [0, 0.1) is 0 Å². The van der Waals surface area contributed by atoms with E-state index in [1.165, 1.54) is 7.11 Å². The molecule has 0 amide bonds. The number of carbonyl (C=O) groups is 1. The molecule has 0 atom stereocenters. The highest BCUT2D eigenvalue weighted by Gasteiger charge is 2.05. The molecule has 0 saturated carbocycles. The SMILES string of the molecule is COC(=O)Cc1cc(N)c2ccccc2c1. The molecule has 0 spiro atoms. The van der Waals surface area contributed by atoms with Gasteiger partial charge < -0.3 is 10.5 Å². The van der Waals surface area contributed by atoms with Crippen molar-refractivity contribution in [2.45, 2.75) is 6.42 Å². The normalized spacial score (nSPS) is 10.3. The summed E-state index contributed by atoms with van der Waals surface area (Å²) in [4.78, 5) is 11.2. The molecule has 0 aliphatic carbocycles. The van der Waals surface area contributed by atoms with Gasteiger partial charge in [0.15, 0.2) is 0 Å². The number of methoxy groups -OCH3 is 1. The molecule has 0 fully saturated rings. The molecule has 3 heteroatoms. The number of anilines is 1. The van der Waals surface area contributed by atoms with Gasteiger partial charge in [-0.05, 0) is 17.0 Å². The lowest BCUT2D eigenvalue weighted by Gasteiger charge is -2.06. The van der Waals surface area contributed by atoms with E-state index in [0.29, 0.717) is 5.69 Å². The van der Waals surface area contributed by atoms with Crippen molar-refractivity contribution in [2.24, 2.45) is 0 Å². The van der Waals surface area contributed by atoms with Crippen LogP contribution in [0.25, 0.3) is 10.8 Å². The van der Waals surface area contributed by atoms with E-state index in [9.17, 15) is 4.79 Å². The number of carbonyl (C=O) groups excluding carboxylic acids is 1. The number of hydrogen-bond acceptors (Lipinski definition) is 3. The van der Waals surface area contributed by atoms with Gasteiger partial charge in [0.25, 0.3) is 0 Å². The van der Waals surface area contributed by atoms with Crippen LogP contribution in [-0.2, 0) is 16.0 Å². The second-order valence-electron chi connectivity index (χ2n) is 3.66. The highest BCUT2D eigenvalue weighted by Crippen LogP contribution is 2.23. The predicted molar refractivity (Wildman–Crippen MR) is 64.1 cm³/mol. The summed E-state index contributed by atoms with van der Waals surface area (Å²) in [6, 6.07) is 11.6. The average molecular weight is 215 g/mol. The number of fused-ring (bicyclic) bond motifs is 1. The van der Waals surface area contributed by atoms with E-state index in [1.54, 1.807) is 0 Å². The smallest absolute Gasteiger partial charge is 0.309 e. The van der Waals surface area contributed by atoms with Gasteiger partial charge in [-0.25, -0.2) is 0 Å². The topological polar surface area (TPSA) is 52.3 Å². The summed E-state index contributed by atoms with van der Waals surface area (Å²) in [5.74, 6) is -0.255. The summed E-state index contributed by atoms with van der Waals surface area (Å²) in [7, 11) is 1.38. The Bertz CT molecular complexity index is 534. The zero-order valence-corrected chi connectivity index (χ0v) is 9.07. The minimum atomic E-state index is -0.255. The van der Waals surface area contributed by atoms with Crippen molar-refractivity contribution in [3.05, 3.63) is 42.0 Å². The second kappa shape index (κ2) is 4.23. The van der Waals surface area contributed by atoms with Crippen LogP contribution in [0.15, 0.2) is 36.4 Å². The standard InChI is InChI=1S/C13H13NO2/c1-16-13(15)8-9-6-10-4-2-3-5-11(10)12(14)7-9/h2-7H,8,14H2,1H3. The molecule has 82 valence electrons. The van der Waals surface area contributed by atoms with Gasteiger partial charge in [0, 0.05) is 11.1 Å². The minimum absolute atomic E-state index is 0.255. The van der Waals surface area contributed by atoms with Crippen LogP contribution in [0.4, 0.5) is 5.69 Å². The molecule has 0 radical (unpaired) electrons. The van der Waals surface area contributed by atoms with E-state index in [0.717, 1.165) is 16.3 Å². The summed E-state index contributed by atoms with van der Waals surface area (Å²) in [5, 5.41) is 2.05. The van der Waals surface area contributed by atoms with Crippen LogP contribution < -0.4 is 5.73 Å².